The fourth-order valence-corrected chi connectivity index (χ4v) is 6.92. The van der Waals surface area contributed by atoms with E-state index in [-0.39, 0.29) is 39.8 Å². The highest BCUT2D eigenvalue weighted by atomic mass is 32.2. The Balaban J connectivity index is 0.000000559. The number of nitriles is 1. The molecule has 14 nitrogen and oxygen atoms in total. The number of hydrogen-bond acceptors (Lipinski definition) is 9. The summed E-state index contributed by atoms with van der Waals surface area (Å²) in [5.41, 5.74) is -0.697. The van der Waals surface area contributed by atoms with Crippen molar-refractivity contribution in [2.24, 2.45) is 13.0 Å². The minimum Gasteiger partial charge on any atom is -0.744 e. The van der Waals surface area contributed by atoms with Gasteiger partial charge in [-0.15, -0.1) is 0 Å². The average Bonchev–Trinajstić information content (AvgIpc) is 3.76. The van der Waals surface area contributed by atoms with E-state index < -0.39 is 33.3 Å². The summed E-state index contributed by atoms with van der Waals surface area (Å²) in [5.74, 6) is -1.26. The molecule has 0 unspecified atom stereocenters. The van der Waals surface area contributed by atoms with Crippen molar-refractivity contribution in [3.8, 4) is 28.8 Å². The van der Waals surface area contributed by atoms with Gasteiger partial charge in [-0.1, -0.05) is 24.3 Å². The maximum absolute atomic E-state index is 14.1. The van der Waals surface area contributed by atoms with Crippen molar-refractivity contribution in [1.29, 1.82) is 5.26 Å². The van der Waals surface area contributed by atoms with Crippen molar-refractivity contribution < 1.29 is 45.0 Å². The Bertz CT molecular complexity index is 2460. The monoisotopic (exact) mass is 821 g/mol. The van der Waals surface area contributed by atoms with Gasteiger partial charge in [-0.3, -0.25) is 19.1 Å². The van der Waals surface area contributed by atoms with Crippen molar-refractivity contribution in [3.63, 3.8) is 0 Å². The molecule has 0 atom stereocenters. The van der Waals surface area contributed by atoms with Crippen LogP contribution in [-0.2, 0) is 32.9 Å². The fourth-order valence-electron chi connectivity index (χ4n) is 6.43. The quantitative estimate of drug-likeness (QED) is 0.115. The molecule has 18 heteroatoms. The second-order valence-electron chi connectivity index (χ2n) is 14.7. The molecule has 0 bridgehead atoms. The van der Waals surface area contributed by atoms with Gasteiger partial charge < -0.3 is 19.1 Å². The number of esters is 1. The van der Waals surface area contributed by atoms with Crippen LogP contribution in [0.5, 0.6) is 0 Å². The molecule has 0 saturated heterocycles. The number of carbonyl (C=O) groups is 2. The average molecular weight is 822 g/mol. The SMILES string of the molecule is Cn1c(-c2ccnn2-c2ccc(C#N)cc2)c(C(=O)NC2CCC(C(=O)OCC[N+](C)(C)C)CC2)c(=O)n1-c1cccc(C(F)(F)F)c1.O=S(=O)([O-])c1ccccc1. The van der Waals surface area contributed by atoms with Crippen molar-refractivity contribution in [2.45, 2.75) is 42.8 Å². The van der Waals surface area contributed by atoms with E-state index in [4.69, 9.17) is 4.74 Å². The maximum Gasteiger partial charge on any atom is 0.416 e. The minimum absolute atomic E-state index is 0.0775. The van der Waals surface area contributed by atoms with Crippen LogP contribution < -0.4 is 10.9 Å². The van der Waals surface area contributed by atoms with Crippen molar-refractivity contribution in [3.05, 3.63) is 118 Å². The highest BCUT2D eigenvalue weighted by Crippen LogP contribution is 2.32. The first-order valence-corrected chi connectivity index (χ1v) is 19.5. The van der Waals surface area contributed by atoms with Gasteiger partial charge in [0.1, 0.15) is 34.5 Å². The normalized spacial score (nSPS) is 15.8. The number of likely N-dealkylation sites (N-methyl/N-ethyl adjacent to an activating group) is 1. The molecule has 2 aromatic heterocycles. The van der Waals surface area contributed by atoms with Crippen LogP contribution in [0.4, 0.5) is 13.2 Å². The van der Waals surface area contributed by atoms with Crippen LogP contribution in [0.15, 0.2) is 101 Å². The Morgan fingerprint density at radius 1 is 0.966 bits per heavy atom. The van der Waals surface area contributed by atoms with Crippen molar-refractivity contribution in [1.82, 2.24) is 24.5 Å². The van der Waals surface area contributed by atoms with Crippen LogP contribution in [0.1, 0.15) is 47.2 Å². The van der Waals surface area contributed by atoms with Crippen LogP contribution in [0.3, 0.4) is 0 Å². The molecule has 6 rings (SSSR count). The molecule has 58 heavy (non-hydrogen) atoms. The van der Waals surface area contributed by atoms with Gasteiger partial charge in [0, 0.05) is 13.1 Å². The van der Waals surface area contributed by atoms with E-state index in [0.717, 1.165) is 16.8 Å². The molecule has 3 aromatic carbocycles. The number of aromatic nitrogens is 4. The number of alkyl halides is 3. The van der Waals surface area contributed by atoms with E-state index >= 15 is 0 Å². The van der Waals surface area contributed by atoms with E-state index in [1.54, 1.807) is 36.4 Å². The first-order valence-electron chi connectivity index (χ1n) is 18.1. The topological polar surface area (TPSA) is 181 Å². The van der Waals surface area contributed by atoms with Crippen LogP contribution >= 0.6 is 0 Å². The van der Waals surface area contributed by atoms with Crippen LogP contribution in [0, 0.1) is 17.2 Å². The number of ether oxygens (including phenoxy) is 1. The molecule has 0 aliphatic heterocycles. The smallest absolute Gasteiger partial charge is 0.416 e. The van der Waals surface area contributed by atoms with Gasteiger partial charge in [-0.25, -0.2) is 17.8 Å². The summed E-state index contributed by atoms with van der Waals surface area (Å²) in [6.45, 7) is 0.992. The summed E-state index contributed by atoms with van der Waals surface area (Å²) in [6, 6.07) is 21.3. The van der Waals surface area contributed by atoms with Gasteiger partial charge in [0.05, 0.1) is 72.4 Å². The molecule has 2 heterocycles. The number of nitrogens with one attached hydrogen (secondary N) is 1. The number of carbonyl (C=O) groups excluding carboxylic acids is 2. The number of rotatable bonds is 10. The molecule has 1 aliphatic rings. The summed E-state index contributed by atoms with van der Waals surface area (Å²) in [6.07, 6.45) is -1.23. The number of hydrogen-bond donors (Lipinski definition) is 1. The van der Waals surface area contributed by atoms with E-state index in [1.807, 2.05) is 27.2 Å². The molecule has 1 aliphatic carbocycles. The molecule has 1 amide bonds. The highest BCUT2D eigenvalue weighted by Gasteiger charge is 2.34. The van der Waals surface area contributed by atoms with Gasteiger partial charge in [0.25, 0.3) is 11.5 Å². The summed E-state index contributed by atoms with van der Waals surface area (Å²) >= 11 is 0. The summed E-state index contributed by atoms with van der Waals surface area (Å²) in [5, 5.41) is 16.5. The third-order valence-electron chi connectivity index (χ3n) is 9.47. The predicted octanol–water partition coefficient (Wildman–Crippen LogP) is 5.05. The lowest BCUT2D eigenvalue weighted by Gasteiger charge is -2.28. The first kappa shape index (κ1) is 43.1. The van der Waals surface area contributed by atoms with Crippen molar-refractivity contribution >= 4 is 22.0 Å². The molecule has 0 radical (unpaired) electrons. The highest BCUT2D eigenvalue weighted by molar-refractivity contribution is 7.85. The van der Waals surface area contributed by atoms with Crippen LogP contribution in [0.2, 0.25) is 0 Å². The molecular formula is C40H42F3N7O7S. The predicted molar refractivity (Wildman–Crippen MR) is 205 cm³/mol. The Morgan fingerprint density at radius 3 is 2.19 bits per heavy atom. The van der Waals surface area contributed by atoms with Gasteiger partial charge >= 0.3 is 12.1 Å². The second kappa shape index (κ2) is 17.6. The fraction of sp³-hybridized carbons (Fsp3) is 0.325. The summed E-state index contributed by atoms with van der Waals surface area (Å²) in [4.78, 5) is 40.5. The third kappa shape index (κ3) is 10.5. The van der Waals surface area contributed by atoms with E-state index in [1.165, 1.54) is 59.0 Å². The van der Waals surface area contributed by atoms with E-state index in [9.17, 15) is 45.8 Å². The zero-order valence-corrected chi connectivity index (χ0v) is 33.0. The molecule has 1 N–H and O–H groups in total. The summed E-state index contributed by atoms with van der Waals surface area (Å²) in [7, 11) is 3.26. The first-order chi connectivity index (χ1) is 27.3. The Labute approximate surface area is 333 Å². The standard InChI is InChI=1S/C34H36F3N7O4.C6H6O3S/c1-41-30(28-16-17-39-42(28)26-14-8-22(21-38)9-15-26)29(32(46)43(41)27-7-5-6-24(20-27)34(35,36)37)31(45)40-25-12-10-23(11-13-25)33(47)48-19-18-44(2,3)4;7-10(8,9)6-4-2-1-3-5-6/h5-9,14-17,20,23,25H,10-13,18-19H2,1-4H3;1-5H,(H,7,8,9). The number of benzene rings is 3. The zero-order chi connectivity index (χ0) is 42.4. The van der Waals surface area contributed by atoms with E-state index in [2.05, 4.69) is 10.4 Å². The maximum atomic E-state index is 14.1. The Morgan fingerprint density at radius 2 is 1.62 bits per heavy atom. The Kier molecular flexibility index (Phi) is 13.1. The van der Waals surface area contributed by atoms with Gasteiger partial charge in [0.2, 0.25) is 0 Å². The van der Waals surface area contributed by atoms with Gasteiger partial charge in [0.15, 0.2) is 0 Å². The van der Waals surface area contributed by atoms with Gasteiger partial charge in [-0.2, -0.15) is 23.5 Å². The van der Waals surface area contributed by atoms with Crippen LogP contribution in [-0.4, -0.2) is 88.8 Å². The third-order valence-corrected chi connectivity index (χ3v) is 10.3. The molecule has 0 spiro atoms. The molecule has 5 aromatic rings. The summed E-state index contributed by atoms with van der Waals surface area (Å²) < 4.78 is 81.8. The number of halogens is 3. The van der Waals surface area contributed by atoms with Crippen LogP contribution in [0.25, 0.3) is 22.8 Å². The zero-order valence-electron chi connectivity index (χ0n) is 32.1. The molecular weight excluding hydrogens is 780 g/mol. The lowest BCUT2D eigenvalue weighted by atomic mass is 9.86. The molecule has 1 saturated carbocycles. The lowest BCUT2D eigenvalue weighted by molar-refractivity contribution is -0.870. The second-order valence-corrected chi connectivity index (χ2v) is 16.0. The molecule has 306 valence electrons. The largest absolute Gasteiger partial charge is 0.744 e. The Hall–Kier alpha value is -6.03. The molecule has 1 fully saturated rings. The van der Waals surface area contributed by atoms with Gasteiger partial charge in [-0.05, 0) is 86.3 Å². The van der Waals surface area contributed by atoms with Crippen molar-refractivity contribution in [2.75, 3.05) is 34.3 Å². The number of nitrogens with zero attached hydrogens (tertiary/aromatic N) is 6. The number of amides is 1. The number of quaternary nitrogens is 1. The minimum atomic E-state index is -4.65. The lowest BCUT2D eigenvalue weighted by Crippen LogP contribution is -2.41. The van der Waals surface area contributed by atoms with E-state index in [0.29, 0.717) is 60.3 Å².